The van der Waals surface area contributed by atoms with Crippen molar-refractivity contribution < 1.29 is 4.39 Å². The van der Waals surface area contributed by atoms with Gasteiger partial charge in [0.05, 0.1) is 4.47 Å². The fraction of sp³-hybridized carbons (Fsp3) is 0.267. The van der Waals surface area contributed by atoms with Crippen LogP contribution in [0.4, 0.5) is 4.39 Å². The van der Waals surface area contributed by atoms with E-state index in [-0.39, 0.29) is 29.8 Å². The number of aromatic nitrogens is 1. The number of aliphatic imine (C=N–C) groups is 1. The highest BCUT2D eigenvalue weighted by atomic mass is 127. The number of aryl methyl sites for hydroxylation is 1. The van der Waals surface area contributed by atoms with Gasteiger partial charge in [-0.3, -0.25) is 4.99 Å². The van der Waals surface area contributed by atoms with E-state index in [1.807, 2.05) is 36.1 Å². The first-order valence-corrected chi connectivity index (χ1v) is 7.37. The molecule has 2 N–H and O–H groups in total. The summed E-state index contributed by atoms with van der Waals surface area (Å²) in [4.78, 5) is 4.15. The largest absolute Gasteiger partial charge is 0.357 e. The lowest BCUT2D eigenvalue weighted by atomic mass is 10.2. The van der Waals surface area contributed by atoms with Crippen molar-refractivity contribution in [2.24, 2.45) is 12.0 Å². The Morgan fingerprint density at radius 1 is 1.23 bits per heavy atom. The summed E-state index contributed by atoms with van der Waals surface area (Å²) in [6, 6.07) is 7.11. The minimum Gasteiger partial charge on any atom is -0.357 e. The van der Waals surface area contributed by atoms with Gasteiger partial charge in [0.2, 0.25) is 0 Å². The van der Waals surface area contributed by atoms with Crippen molar-refractivity contribution in [3.8, 4) is 0 Å². The molecule has 7 heteroatoms. The second kappa shape index (κ2) is 9.14. The van der Waals surface area contributed by atoms with E-state index in [9.17, 15) is 4.39 Å². The molecule has 1 aromatic heterocycles. The van der Waals surface area contributed by atoms with Crippen LogP contribution in [-0.2, 0) is 20.1 Å². The molecule has 4 nitrogen and oxygen atoms in total. The van der Waals surface area contributed by atoms with E-state index >= 15 is 0 Å². The van der Waals surface area contributed by atoms with Crippen molar-refractivity contribution in [2.75, 3.05) is 7.05 Å². The Morgan fingerprint density at radius 2 is 1.91 bits per heavy atom. The monoisotopic (exact) mass is 480 g/mol. The van der Waals surface area contributed by atoms with Crippen LogP contribution < -0.4 is 10.6 Å². The number of nitrogens with zero attached hydrogens (tertiary/aromatic N) is 2. The van der Waals surface area contributed by atoms with E-state index in [0.717, 1.165) is 5.56 Å². The average Bonchev–Trinajstić information content (AvgIpc) is 2.88. The lowest BCUT2D eigenvalue weighted by Crippen LogP contribution is -2.36. The zero-order chi connectivity index (χ0) is 15.2. The predicted octanol–water partition coefficient (Wildman–Crippen LogP) is 3.41. The summed E-state index contributed by atoms with van der Waals surface area (Å²) in [5.74, 6) is 0.420. The van der Waals surface area contributed by atoms with Crippen LogP contribution in [0, 0.1) is 5.82 Å². The standard InChI is InChI=1S/C15H18BrFN4.HI/c1-18-15(20-9-12-5-6-21(2)10-12)19-8-11-3-4-13(16)14(17)7-11;/h3-7,10H,8-9H2,1-2H3,(H2,18,19,20);1H. The Hall–Kier alpha value is -1.09. The van der Waals surface area contributed by atoms with Crippen molar-refractivity contribution in [2.45, 2.75) is 13.1 Å². The number of rotatable bonds is 4. The highest BCUT2D eigenvalue weighted by molar-refractivity contribution is 14.0. The summed E-state index contributed by atoms with van der Waals surface area (Å²) in [6.07, 6.45) is 4.04. The van der Waals surface area contributed by atoms with Gasteiger partial charge >= 0.3 is 0 Å². The third-order valence-corrected chi connectivity index (χ3v) is 3.66. The van der Waals surface area contributed by atoms with Gasteiger partial charge in [-0.2, -0.15) is 0 Å². The molecule has 0 spiro atoms. The van der Waals surface area contributed by atoms with Gasteiger partial charge in [0.15, 0.2) is 5.96 Å². The highest BCUT2D eigenvalue weighted by Crippen LogP contribution is 2.16. The van der Waals surface area contributed by atoms with E-state index in [4.69, 9.17) is 0 Å². The number of hydrogen-bond donors (Lipinski definition) is 2. The topological polar surface area (TPSA) is 41.4 Å². The van der Waals surface area contributed by atoms with E-state index < -0.39 is 0 Å². The van der Waals surface area contributed by atoms with Gasteiger partial charge in [0.25, 0.3) is 0 Å². The molecule has 0 amide bonds. The first-order chi connectivity index (χ1) is 10.1. The van der Waals surface area contributed by atoms with Crippen LogP contribution >= 0.6 is 39.9 Å². The lowest BCUT2D eigenvalue weighted by molar-refractivity contribution is 0.617. The molecule has 2 aromatic rings. The van der Waals surface area contributed by atoms with Gasteiger partial charge < -0.3 is 15.2 Å². The van der Waals surface area contributed by atoms with E-state index in [2.05, 4.69) is 31.6 Å². The van der Waals surface area contributed by atoms with Crippen LogP contribution in [0.2, 0.25) is 0 Å². The third kappa shape index (κ3) is 5.60. The van der Waals surface area contributed by atoms with Gasteiger partial charge in [-0.1, -0.05) is 6.07 Å². The van der Waals surface area contributed by atoms with Gasteiger partial charge in [0, 0.05) is 39.6 Å². The maximum absolute atomic E-state index is 13.4. The number of benzene rings is 1. The number of nitrogens with one attached hydrogen (secondary N) is 2. The van der Waals surface area contributed by atoms with Crippen LogP contribution in [0.15, 0.2) is 46.1 Å². The van der Waals surface area contributed by atoms with Crippen LogP contribution in [0.25, 0.3) is 0 Å². The van der Waals surface area contributed by atoms with Gasteiger partial charge in [0.1, 0.15) is 5.82 Å². The first-order valence-electron chi connectivity index (χ1n) is 6.58. The van der Waals surface area contributed by atoms with Gasteiger partial charge in [-0.15, -0.1) is 24.0 Å². The Kier molecular flexibility index (Phi) is 7.88. The van der Waals surface area contributed by atoms with Crippen molar-refractivity contribution in [3.63, 3.8) is 0 Å². The quantitative estimate of drug-likeness (QED) is 0.400. The normalized spacial score (nSPS) is 11.0. The summed E-state index contributed by atoms with van der Waals surface area (Å²) >= 11 is 3.14. The second-order valence-electron chi connectivity index (χ2n) is 4.71. The smallest absolute Gasteiger partial charge is 0.191 e. The molecule has 0 aliphatic heterocycles. The molecule has 0 atom stereocenters. The fourth-order valence-electron chi connectivity index (χ4n) is 1.91. The second-order valence-corrected chi connectivity index (χ2v) is 5.57. The van der Waals surface area contributed by atoms with Gasteiger partial charge in [-0.25, -0.2) is 4.39 Å². The molecule has 0 aliphatic carbocycles. The SMILES string of the molecule is CN=C(NCc1ccc(Br)c(F)c1)NCc1ccn(C)c1.I. The molecule has 0 unspecified atom stereocenters. The van der Waals surface area contributed by atoms with Crippen LogP contribution in [0.3, 0.4) is 0 Å². The Balaban J connectivity index is 0.00000242. The fourth-order valence-corrected chi connectivity index (χ4v) is 2.15. The zero-order valence-corrected chi connectivity index (χ0v) is 16.4. The molecular weight excluding hydrogens is 462 g/mol. The molecule has 22 heavy (non-hydrogen) atoms. The van der Waals surface area contributed by atoms with Crippen molar-refractivity contribution in [1.82, 2.24) is 15.2 Å². The number of halogens is 3. The summed E-state index contributed by atoms with van der Waals surface area (Å²) < 4.78 is 15.9. The first kappa shape index (κ1) is 19.0. The summed E-state index contributed by atoms with van der Waals surface area (Å²) in [5.41, 5.74) is 2.04. The Morgan fingerprint density at radius 3 is 2.45 bits per heavy atom. The summed E-state index contributed by atoms with van der Waals surface area (Å²) in [5, 5.41) is 6.38. The van der Waals surface area contributed by atoms with Crippen molar-refractivity contribution in [1.29, 1.82) is 0 Å². The average molecular weight is 481 g/mol. The molecule has 0 radical (unpaired) electrons. The van der Waals surface area contributed by atoms with E-state index in [0.29, 0.717) is 23.5 Å². The van der Waals surface area contributed by atoms with Crippen LogP contribution in [-0.4, -0.2) is 17.6 Å². The molecule has 1 aromatic carbocycles. The number of hydrogen-bond acceptors (Lipinski definition) is 1. The van der Waals surface area contributed by atoms with Crippen LogP contribution in [0.5, 0.6) is 0 Å². The molecule has 0 aliphatic rings. The Bertz CT molecular complexity index is 642. The van der Waals surface area contributed by atoms with E-state index in [1.54, 1.807) is 13.1 Å². The molecule has 0 saturated heterocycles. The predicted molar refractivity (Wildman–Crippen MR) is 102 cm³/mol. The molecule has 0 bridgehead atoms. The van der Waals surface area contributed by atoms with Gasteiger partial charge in [-0.05, 0) is 45.3 Å². The minimum atomic E-state index is -0.262. The minimum absolute atomic E-state index is 0. The summed E-state index contributed by atoms with van der Waals surface area (Å²) in [6.45, 7) is 1.20. The lowest BCUT2D eigenvalue weighted by Gasteiger charge is -2.11. The maximum Gasteiger partial charge on any atom is 0.191 e. The number of guanidine groups is 1. The molecule has 2 rings (SSSR count). The molecule has 1 heterocycles. The third-order valence-electron chi connectivity index (χ3n) is 3.02. The van der Waals surface area contributed by atoms with Crippen molar-refractivity contribution >= 4 is 45.9 Å². The molecule has 0 fully saturated rings. The Labute approximate surface area is 155 Å². The summed E-state index contributed by atoms with van der Waals surface area (Å²) in [7, 11) is 3.70. The maximum atomic E-state index is 13.4. The van der Waals surface area contributed by atoms with Crippen molar-refractivity contribution in [3.05, 3.63) is 58.1 Å². The van der Waals surface area contributed by atoms with E-state index in [1.165, 1.54) is 11.6 Å². The molecular formula is C15H19BrFIN4. The molecule has 120 valence electrons. The zero-order valence-electron chi connectivity index (χ0n) is 12.4. The van der Waals surface area contributed by atoms with Crippen LogP contribution in [0.1, 0.15) is 11.1 Å². The highest BCUT2D eigenvalue weighted by Gasteiger charge is 2.03. The molecule has 0 saturated carbocycles.